The van der Waals surface area contributed by atoms with E-state index in [-0.39, 0.29) is 0 Å². The molecule has 0 spiro atoms. The zero-order valence-corrected chi connectivity index (χ0v) is 18.7. The van der Waals surface area contributed by atoms with E-state index in [1.165, 1.54) is 26.7 Å². The van der Waals surface area contributed by atoms with Crippen molar-refractivity contribution in [2.24, 2.45) is 0 Å². The lowest BCUT2D eigenvalue weighted by atomic mass is 9.99. The Morgan fingerprint density at radius 2 is 1.12 bits per heavy atom. The molecule has 0 saturated heterocycles. The van der Waals surface area contributed by atoms with Gasteiger partial charge < -0.3 is 0 Å². The van der Waals surface area contributed by atoms with Crippen molar-refractivity contribution in [3.63, 3.8) is 0 Å². The highest BCUT2D eigenvalue weighted by atomic mass is 79.9. The number of hydrogen-bond donors (Lipinski definition) is 0. The molecule has 2 aliphatic rings. The fourth-order valence-corrected chi connectivity index (χ4v) is 11.8. The summed E-state index contributed by atoms with van der Waals surface area (Å²) in [5, 5.41) is 6.45. The minimum atomic E-state index is -1.63. The maximum absolute atomic E-state index is 3.68. The van der Waals surface area contributed by atoms with Crippen LogP contribution in [0.4, 0.5) is 0 Å². The van der Waals surface area contributed by atoms with Gasteiger partial charge in [0, 0.05) is 4.47 Å². The lowest BCUT2D eigenvalue weighted by Gasteiger charge is -2.23. The molecule has 2 heterocycles. The standard InChI is InChI=1S/C22H21BrSi2/c1-24(2)19-8-6-5-7-15(19)17-12-18-16-10-9-14(23)11-20(16)25(3,4)22(18)13-21(17)24/h5-13H,1-4H3. The summed E-state index contributed by atoms with van der Waals surface area (Å²) in [6.07, 6.45) is 0. The first-order valence-electron chi connectivity index (χ1n) is 8.91. The van der Waals surface area contributed by atoms with E-state index in [0.717, 1.165) is 0 Å². The molecule has 0 unspecified atom stereocenters. The summed E-state index contributed by atoms with van der Waals surface area (Å²) >= 11 is 3.68. The Morgan fingerprint density at radius 1 is 0.560 bits per heavy atom. The first-order valence-corrected chi connectivity index (χ1v) is 15.7. The quantitative estimate of drug-likeness (QED) is 0.481. The molecule has 0 N–H and O–H groups in total. The summed E-state index contributed by atoms with van der Waals surface area (Å²) in [6.45, 7) is 10.0. The maximum Gasteiger partial charge on any atom is 0.113 e. The smallest absolute Gasteiger partial charge is 0.0623 e. The molecule has 0 atom stereocenters. The third kappa shape index (κ3) is 1.92. The summed E-state index contributed by atoms with van der Waals surface area (Å²) in [5.74, 6) is 0. The molecule has 25 heavy (non-hydrogen) atoms. The van der Waals surface area contributed by atoms with Crippen LogP contribution in [-0.2, 0) is 0 Å². The van der Waals surface area contributed by atoms with Gasteiger partial charge in [0.05, 0.1) is 0 Å². The van der Waals surface area contributed by atoms with E-state index in [2.05, 4.69) is 96.7 Å². The molecule has 0 aromatic heterocycles. The number of hydrogen-bond acceptors (Lipinski definition) is 0. The highest BCUT2D eigenvalue weighted by Crippen LogP contribution is 2.35. The second-order valence-corrected chi connectivity index (χ2v) is 18.0. The molecule has 3 aromatic carbocycles. The monoisotopic (exact) mass is 420 g/mol. The summed E-state index contributed by atoms with van der Waals surface area (Å²) < 4.78 is 1.20. The molecule has 0 nitrogen and oxygen atoms in total. The van der Waals surface area contributed by atoms with Gasteiger partial charge in [0.1, 0.15) is 16.1 Å². The second-order valence-electron chi connectivity index (χ2n) is 8.43. The second kappa shape index (κ2) is 4.84. The minimum Gasteiger partial charge on any atom is -0.0623 e. The van der Waals surface area contributed by atoms with Crippen LogP contribution in [0.15, 0.2) is 59.1 Å². The van der Waals surface area contributed by atoms with Crippen LogP contribution >= 0.6 is 15.9 Å². The highest BCUT2D eigenvalue weighted by Gasteiger charge is 2.43. The van der Waals surface area contributed by atoms with Gasteiger partial charge in [-0.2, -0.15) is 0 Å². The number of rotatable bonds is 0. The van der Waals surface area contributed by atoms with Gasteiger partial charge in [0.15, 0.2) is 0 Å². The van der Waals surface area contributed by atoms with Crippen LogP contribution in [0, 0.1) is 0 Å². The number of fused-ring (bicyclic) bond motifs is 6. The molecule has 0 fully saturated rings. The zero-order chi connectivity index (χ0) is 17.6. The van der Waals surface area contributed by atoms with Gasteiger partial charge in [-0.05, 0) is 61.2 Å². The van der Waals surface area contributed by atoms with Crippen LogP contribution in [0.5, 0.6) is 0 Å². The maximum atomic E-state index is 3.68. The summed E-state index contributed by atoms with van der Waals surface area (Å²) in [6, 6.07) is 21.1. The number of benzene rings is 3. The predicted octanol–water partition coefficient (Wildman–Crippen LogP) is 4.06. The average molecular weight is 421 g/mol. The minimum absolute atomic E-state index is 1.20. The van der Waals surface area contributed by atoms with Crippen molar-refractivity contribution in [3.8, 4) is 22.3 Å². The molecule has 5 rings (SSSR count). The van der Waals surface area contributed by atoms with Crippen LogP contribution in [0.2, 0.25) is 26.2 Å². The zero-order valence-electron chi connectivity index (χ0n) is 15.1. The number of halogens is 1. The van der Waals surface area contributed by atoms with Crippen molar-refractivity contribution in [1.82, 2.24) is 0 Å². The van der Waals surface area contributed by atoms with Gasteiger partial charge in [-0.15, -0.1) is 0 Å². The average Bonchev–Trinajstić information content (AvgIpc) is 2.94. The highest BCUT2D eigenvalue weighted by molar-refractivity contribution is 9.10. The molecular formula is C22H21BrSi2. The Balaban J connectivity index is 1.87. The van der Waals surface area contributed by atoms with Gasteiger partial charge in [-0.1, -0.05) is 78.5 Å². The Labute approximate surface area is 160 Å². The molecule has 0 amide bonds. The Kier molecular flexibility index (Phi) is 3.06. The van der Waals surface area contributed by atoms with E-state index in [4.69, 9.17) is 0 Å². The van der Waals surface area contributed by atoms with Crippen molar-refractivity contribution in [2.75, 3.05) is 0 Å². The first-order chi connectivity index (χ1) is 11.8. The Hall–Kier alpha value is -1.43. The molecule has 124 valence electrons. The van der Waals surface area contributed by atoms with Gasteiger partial charge >= 0.3 is 0 Å². The molecule has 3 heteroatoms. The van der Waals surface area contributed by atoms with Crippen LogP contribution in [0.1, 0.15) is 0 Å². The molecule has 3 aromatic rings. The van der Waals surface area contributed by atoms with Crippen molar-refractivity contribution >= 4 is 52.8 Å². The summed E-state index contributed by atoms with van der Waals surface area (Å²) in [4.78, 5) is 0. The Morgan fingerprint density at radius 3 is 1.84 bits per heavy atom. The third-order valence-electron chi connectivity index (χ3n) is 6.34. The lowest BCUT2D eigenvalue weighted by molar-refractivity contribution is 1.67. The van der Waals surface area contributed by atoms with Crippen LogP contribution in [-0.4, -0.2) is 16.1 Å². The van der Waals surface area contributed by atoms with E-state index in [1.807, 2.05) is 0 Å². The molecule has 0 bridgehead atoms. The van der Waals surface area contributed by atoms with Crippen molar-refractivity contribution in [3.05, 3.63) is 59.1 Å². The van der Waals surface area contributed by atoms with E-state index >= 15 is 0 Å². The molecule has 0 saturated carbocycles. The van der Waals surface area contributed by atoms with Crippen molar-refractivity contribution in [2.45, 2.75) is 26.2 Å². The van der Waals surface area contributed by atoms with Crippen LogP contribution in [0.3, 0.4) is 0 Å². The van der Waals surface area contributed by atoms with Gasteiger partial charge in [-0.3, -0.25) is 0 Å². The van der Waals surface area contributed by atoms with Crippen LogP contribution < -0.4 is 20.7 Å². The SMILES string of the molecule is C[Si]1(C)c2ccccc2-c2cc3c(cc21)[Si](C)(C)c1cc(Br)ccc1-3. The molecule has 2 aliphatic heterocycles. The Bertz CT molecular complexity index is 1060. The van der Waals surface area contributed by atoms with Gasteiger partial charge in [-0.25, -0.2) is 0 Å². The van der Waals surface area contributed by atoms with E-state index in [9.17, 15) is 0 Å². The van der Waals surface area contributed by atoms with Crippen molar-refractivity contribution < 1.29 is 0 Å². The molecule has 0 radical (unpaired) electrons. The van der Waals surface area contributed by atoms with E-state index in [0.29, 0.717) is 0 Å². The van der Waals surface area contributed by atoms with Gasteiger partial charge in [0.25, 0.3) is 0 Å². The molecular weight excluding hydrogens is 400 g/mol. The third-order valence-corrected chi connectivity index (χ3v) is 13.9. The fourth-order valence-electron chi connectivity index (χ4n) is 4.90. The topological polar surface area (TPSA) is 0 Å². The van der Waals surface area contributed by atoms with Crippen molar-refractivity contribution in [1.29, 1.82) is 0 Å². The largest absolute Gasteiger partial charge is 0.113 e. The lowest BCUT2D eigenvalue weighted by Crippen LogP contribution is -2.54. The summed E-state index contributed by atoms with van der Waals surface area (Å²) in [5.41, 5.74) is 5.91. The predicted molar refractivity (Wildman–Crippen MR) is 119 cm³/mol. The van der Waals surface area contributed by atoms with Gasteiger partial charge in [0.2, 0.25) is 0 Å². The summed E-state index contributed by atoms with van der Waals surface area (Å²) in [7, 11) is -3.22. The van der Waals surface area contributed by atoms with E-state index < -0.39 is 16.1 Å². The first kappa shape index (κ1) is 15.8. The fraction of sp³-hybridized carbons (Fsp3) is 0.182. The van der Waals surface area contributed by atoms with E-state index in [1.54, 1.807) is 20.7 Å². The normalized spacial score (nSPS) is 17.6. The van der Waals surface area contributed by atoms with Crippen LogP contribution in [0.25, 0.3) is 22.3 Å². The molecule has 0 aliphatic carbocycles.